The molecule has 0 aliphatic rings. The fourth-order valence-electron chi connectivity index (χ4n) is 2.37. The van der Waals surface area contributed by atoms with Crippen molar-refractivity contribution in [3.05, 3.63) is 82.7 Å². The molecule has 0 saturated heterocycles. The van der Waals surface area contributed by atoms with Crippen LogP contribution in [0.5, 0.6) is 11.5 Å². The van der Waals surface area contributed by atoms with Gasteiger partial charge in [-0.2, -0.15) is 0 Å². The van der Waals surface area contributed by atoms with E-state index in [1.54, 1.807) is 36.5 Å². The van der Waals surface area contributed by atoms with Crippen molar-refractivity contribution >= 4 is 5.69 Å². The minimum absolute atomic E-state index is 0.0275. The van der Waals surface area contributed by atoms with Gasteiger partial charge < -0.3 is 9.84 Å². The largest absolute Gasteiger partial charge is 0.504 e. The number of nitro groups is 1. The first-order valence-corrected chi connectivity index (χ1v) is 7.78. The lowest BCUT2D eigenvalue weighted by Crippen LogP contribution is -1.97. The Bertz CT molecular complexity index is 952. The molecular formula is C18H16N4O4. The number of allylic oxidation sites excluding steroid dienone is 1. The molecule has 0 aliphatic carbocycles. The summed E-state index contributed by atoms with van der Waals surface area (Å²) < 4.78 is 7.00. The summed E-state index contributed by atoms with van der Waals surface area (Å²) in [6.07, 6.45) is 4.02. The molecule has 3 rings (SSSR count). The molecule has 3 aromatic rings. The van der Waals surface area contributed by atoms with Crippen molar-refractivity contribution in [1.82, 2.24) is 15.0 Å². The number of hydrogen-bond acceptors (Lipinski definition) is 6. The Morgan fingerprint density at radius 1 is 1.31 bits per heavy atom. The molecule has 1 aromatic heterocycles. The van der Waals surface area contributed by atoms with Crippen LogP contribution in [0, 0.1) is 10.1 Å². The zero-order valence-corrected chi connectivity index (χ0v) is 13.8. The minimum Gasteiger partial charge on any atom is -0.504 e. The van der Waals surface area contributed by atoms with Crippen molar-refractivity contribution in [2.45, 2.75) is 13.0 Å². The molecule has 0 atom stereocenters. The van der Waals surface area contributed by atoms with Gasteiger partial charge in [-0.05, 0) is 30.2 Å². The van der Waals surface area contributed by atoms with Crippen LogP contribution in [0.2, 0.25) is 0 Å². The molecule has 0 bridgehead atoms. The molecule has 0 aliphatic heterocycles. The Labute approximate surface area is 149 Å². The summed E-state index contributed by atoms with van der Waals surface area (Å²) in [7, 11) is 0. The lowest BCUT2D eigenvalue weighted by atomic mass is 10.1. The van der Waals surface area contributed by atoms with Crippen molar-refractivity contribution in [2.24, 2.45) is 0 Å². The maximum Gasteiger partial charge on any atom is 0.271 e. The Morgan fingerprint density at radius 3 is 2.88 bits per heavy atom. The van der Waals surface area contributed by atoms with Crippen LogP contribution in [0.15, 0.2) is 61.3 Å². The number of benzene rings is 2. The summed E-state index contributed by atoms with van der Waals surface area (Å²) in [6, 6.07) is 11.2. The van der Waals surface area contributed by atoms with Gasteiger partial charge in [0.1, 0.15) is 12.3 Å². The van der Waals surface area contributed by atoms with E-state index in [4.69, 9.17) is 4.74 Å². The topological polar surface area (TPSA) is 103 Å². The van der Waals surface area contributed by atoms with Gasteiger partial charge in [0.05, 0.1) is 16.8 Å². The van der Waals surface area contributed by atoms with E-state index in [-0.39, 0.29) is 18.0 Å². The highest BCUT2D eigenvalue weighted by Gasteiger charge is 2.10. The summed E-state index contributed by atoms with van der Waals surface area (Å²) in [6.45, 7) is 3.76. The average molecular weight is 352 g/mol. The smallest absolute Gasteiger partial charge is 0.271 e. The highest BCUT2D eigenvalue weighted by atomic mass is 16.6. The number of rotatable bonds is 7. The second-order valence-corrected chi connectivity index (χ2v) is 5.51. The summed E-state index contributed by atoms with van der Waals surface area (Å²) >= 11 is 0. The second-order valence-electron chi connectivity index (χ2n) is 5.51. The molecule has 0 radical (unpaired) electrons. The Hall–Kier alpha value is -3.68. The Balaban J connectivity index is 1.70. The van der Waals surface area contributed by atoms with E-state index in [1.165, 1.54) is 16.8 Å². The number of aromatic hydroxyl groups is 1. The van der Waals surface area contributed by atoms with Gasteiger partial charge in [0, 0.05) is 12.1 Å². The van der Waals surface area contributed by atoms with Gasteiger partial charge in [-0.1, -0.05) is 23.4 Å². The van der Waals surface area contributed by atoms with E-state index in [9.17, 15) is 15.2 Å². The first kappa shape index (κ1) is 17.2. The van der Waals surface area contributed by atoms with Gasteiger partial charge in [-0.3, -0.25) is 10.1 Å². The monoisotopic (exact) mass is 352 g/mol. The maximum atomic E-state index is 10.9. The summed E-state index contributed by atoms with van der Waals surface area (Å²) in [4.78, 5) is 10.4. The van der Waals surface area contributed by atoms with Crippen LogP contribution in [0.25, 0.3) is 5.69 Å². The third-order valence-electron chi connectivity index (χ3n) is 3.62. The number of nitro benzene ring substituents is 1. The fraction of sp³-hybridized carbons (Fsp3) is 0.111. The molecule has 26 heavy (non-hydrogen) atoms. The third kappa shape index (κ3) is 3.86. The van der Waals surface area contributed by atoms with Crippen LogP contribution < -0.4 is 4.74 Å². The van der Waals surface area contributed by atoms with E-state index in [0.29, 0.717) is 23.6 Å². The normalized spacial score (nSPS) is 10.5. The Kier molecular flexibility index (Phi) is 4.93. The van der Waals surface area contributed by atoms with Crippen LogP contribution in [0.4, 0.5) is 5.69 Å². The molecule has 8 heteroatoms. The van der Waals surface area contributed by atoms with Crippen molar-refractivity contribution in [3.8, 4) is 17.2 Å². The van der Waals surface area contributed by atoms with Crippen LogP contribution in [0.1, 0.15) is 11.3 Å². The zero-order valence-electron chi connectivity index (χ0n) is 13.8. The Morgan fingerprint density at radius 2 is 2.15 bits per heavy atom. The van der Waals surface area contributed by atoms with Crippen molar-refractivity contribution < 1.29 is 14.8 Å². The molecule has 132 valence electrons. The zero-order chi connectivity index (χ0) is 18.5. The molecule has 0 spiro atoms. The molecule has 2 aromatic carbocycles. The van der Waals surface area contributed by atoms with E-state index < -0.39 is 4.92 Å². The van der Waals surface area contributed by atoms with Crippen molar-refractivity contribution in [2.75, 3.05) is 0 Å². The van der Waals surface area contributed by atoms with Crippen LogP contribution in [-0.2, 0) is 13.0 Å². The quantitative estimate of drug-likeness (QED) is 0.398. The predicted octanol–water partition coefficient (Wildman–Crippen LogP) is 3.19. The molecule has 8 nitrogen and oxygen atoms in total. The lowest BCUT2D eigenvalue weighted by molar-refractivity contribution is -0.384. The van der Waals surface area contributed by atoms with Gasteiger partial charge in [-0.25, -0.2) is 4.68 Å². The van der Waals surface area contributed by atoms with Gasteiger partial charge in [0.2, 0.25) is 0 Å². The minimum atomic E-state index is -0.469. The first-order chi connectivity index (χ1) is 12.6. The maximum absolute atomic E-state index is 10.9. The number of phenolic OH excluding ortho intramolecular Hbond substituents is 1. The van der Waals surface area contributed by atoms with Gasteiger partial charge in [0.25, 0.3) is 5.69 Å². The van der Waals surface area contributed by atoms with E-state index in [2.05, 4.69) is 16.9 Å². The molecular weight excluding hydrogens is 336 g/mol. The molecule has 0 saturated carbocycles. The average Bonchev–Trinajstić information content (AvgIpc) is 3.10. The predicted molar refractivity (Wildman–Crippen MR) is 94.4 cm³/mol. The molecule has 1 heterocycles. The van der Waals surface area contributed by atoms with Crippen molar-refractivity contribution in [3.63, 3.8) is 0 Å². The second kappa shape index (κ2) is 7.47. The van der Waals surface area contributed by atoms with Crippen LogP contribution in [-0.4, -0.2) is 25.0 Å². The number of ether oxygens (including phenoxy) is 1. The summed E-state index contributed by atoms with van der Waals surface area (Å²) in [5, 5.41) is 28.8. The van der Waals surface area contributed by atoms with Crippen molar-refractivity contribution in [1.29, 1.82) is 0 Å². The number of non-ortho nitro benzene ring substituents is 1. The van der Waals surface area contributed by atoms with Gasteiger partial charge in [0.15, 0.2) is 11.5 Å². The highest BCUT2D eigenvalue weighted by molar-refractivity contribution is 5.43. The fourth-order valence-corrected chi connectivity index (χ4v) is 2.37. The third-order valence-corrected chi connectivity index (χ3v) is 3.62. The van der Waals surface area contributed by atoms with Crippen LogP contribution >= 0.6 is 0 Å². The number of nitrogens with zero attached hydrogens (tertiary/aromatic N) is 4. The molecule has 0 amide bonds. The van der Waals surface area contributed by atoms with E-state index in [1.807, 2.05) is 6.07 Å². The molecule has 0 unspecified atom stereocenters. The SMILES string of the molecule is C=CCc1ccc(OCc2cn(-c3cccc([N+](=O)[O-])c3)nn2)c(O)c1. The first-order valence-electron chi connectivity index (χ1n) is 7.78. The highest BCUT2D eigenvalue weighted by Crippen LogP contribution is 2.27. The lowest BCUT2D eigenvalue weighted by Gasteiger charge is -2.07. The molecule has 1 N–H and O–H groups in total. The molecule has 0 fully saturated rings. The standard InChI is InChI=1S/C18H16N4O4/c1-2-4-13-7-8-18(17(23)9-13)26-12-14-11-21(20-19-14)15-5-3-6-16(10-15)22(24)25/h2-3,5-11,23H,1,4,12H2. The number of hydrogen-bond donors (Lipinski definition) is 1. The number of phenols is 1. The summed E-state index contributed by atoms with van der Waals surface area (Å²) in [5.41, 5.74) is 1.95. The van der Waals surface area contributed by atoms with Gasteiger partial charge >= 0.3 is 0 Å². The van der Waals surface area contributed by atoms with Crippen LogP contribution in [0.3, 0.4) is 0 Å². The summed E-state index contributed by atoms with van der Waals surface area (Å²) in [5.74, 6) is 0.373. The van der Waals surface area contributed by atoms with Gasteiger partial charge in [-0.15, -0.1) is 11.7 Å². The van der Waals surface area contributed by atoms with E-state index in [0.717, 1.165) is 5.56 Å². The van der Waals surface area contributed by atoms with E-state index >= 15 is 0 Å². The number of aromatic nitrogens is 3.